The molecular formula is C14H11ClFNO2. The zero-order valence-electron chi connectivity index (χ0n) is 10.2. The van der Waals surface area contributed by atoms with Gasteiger partial charge >= 0.3 is 0 Å². The Morgan fingerprint density at radius 1 is 1.37 bits per heavy atom. The molecule has 2 aromatic rings. The van der Waals surface area contributed by atoms with Crippen molar-refractivity contribution in [2.24, 2.45) is 0 Å². The van der Waals surface area contributed by atoms with Gasteiger partial charge in [0.25, 0.3) is 0 Å². The predicted molar refractivity (Wildman–Crippen MR) is 70.0 cm³/mol. The molecule has 0 N–H and O–H groups in total. The van der Waals surface area contributed by atoms with Crippen LogP contribution >= 0.6 is 11.6 Å². The molecule has 19 heavy (non-hydrogen) atoms. The van der Waals surface area contributed by atoms with Gasteiger partial charge in [0, 0.05) is 17.3 Å². The minimum absolute atomic E-state index is 0.0669. The Hall–Kier alpha value is -1.94. The van der Waals surface area contributed by atoms with Gasteiger partial charge in [-0.1, -0.05) is 11.6 Å². The molecule has 0 saturated heterocycles. The van der Waals surface area contributed by atoms with Crippen LogP contribution in [0.4, 0.5) is 4.39 Å². The summed E-state index contributed by atoms with van der Waals surface area (Å²) < 4.78 is 18.4. The maximum atomic E-state index is 12.9. The van der Waals surface area contributed by atoms with Gasteiger partial charge in [-0.15, -0.1) is 0 Å². The first-order valence-corrected chi connectivity index (χ1v) is 5.97. The Labute approximate surface area is 115 Å². The van der Waals surface area contributed by atoms with Crippen LogP contribution in [-0.2, 0) is 6.61 Å². The lowest BCUT2D eigenvalue weighted by molar-refractivity contribution is 0.101. The third kappa shape index (κ3) is 3.51. The topological polar surface area (TPSA) is 39.2 Å². The van der Waals surface area contributed by atoms with Crippen molar-refractivity contribution in [1.82, 2.24) is 4.98 Å². The Morgan fingerprint density at radius 2 is 2.16 bits per heavy atom. The van der Waals surface area contributed by atoms with Crippen molar-refractivity contribution in [3.63, 3.8) is 0 Å². The van der Waals surface area contributed by atoms with Gasteiger partial charge in [-0.05, 0) is 31.2 Å². The highest BCUT2D eigenvalue weighted by Crippen LogP contribution is 2.26. The highest BCUT2D eigenvalue weighted by molar-refractivity contribution is 6.32. The molecule has 3 nitrogen and oxygen atoms in total. The van der Waals surface area contributed by atoms with Gasteiger partial charge in [0.1, 0.15) is 18.2 Å². The van der Waals surface area contributed by atoms with E-state index in [0.29, 0.717) is 21.9 Å². The molecule has 1 heterocycles. The number of benzene rings is 1. The maximum absolute atomic E-state index is 12.9. The lowest BCUT2D eigenvalue weighted by atomic mass is 10.1. The van der Waals surface area contributed by atoms with Crippen LogP contribution in [0.25, 0.3) is 0 Å². The van der Waals surface area contributed by atoms with Crippen molar-refractivity contribution in [1.29, 1.82) is 0 Å². The molecule has 0 unspecified atom stereocenters. The number of rotatable bonds is 4. The SMILES string of the molecule is CC(=O)c1ccc(OCc2cncc(F)c2)c(Cl)c1. The Morgan fingerprint density at radius 3 is 2.79 bits per heavy atom. The van der Waals surface area contributed by atoms with E-state index in [0.717, 1.165) is 6.20 Å². The minimum atomic E-state index is -0.417. The third-order valence-electron chi connectivity index (χ3n) is 2.49. The zero-order chi connectivity index (χ0) is 13.8. The molecule has 0 bridgehead atoms. The third-order valence-corrected chi connectivity index (χ3v) is 2.79. The smallest absolute Gasteiger partial charge is 0.159 e. The number of hydrogen-bond acceptors (Lipinski definition) is 3. The zero-order valence-corrected chi connectivity index (χ0v) is 10.9. The predicted octanol–water partition coefficient (Wildman–Crippen LogP) is 3.66. The van der Waals surface area contributed by atoms with Gasteiger partial charge in [-0.25, -0.2) is 4.39 Å². The standard InChI is InChI=1S/C14H11ClFNO2/c1-9(18)11-2-3-14(13(15)5-11)19-8-10-4-12(16)7-17-6-10/h2-7H,8H2,1H3. The van der Waals surface area contributed by atoms with Crippen LogP contribution in [0, 0.1) is 5.82 Å². The number of carbonyl (C=O) groups excluding carboxylic acids is 1. The molecule has 0 aliphatic heterocycles. The quantitative estimate of drug-likeness (QED) is 0.802. The Balaban J connectivity index is 2.10. The van der Waals surface area contributed by atoms with Crippen molar-refractivity contribution in [3.8, 4) is 5.75 Å². The molecule has 0 aliphatic rings. The van der Waals surface area contributed by atoms with Gasteiger partial charge in [-0.3, -0.25) is 9.78 Å². The maximum Gasteiger partial charge on any atom is 0.159 e. The first-order chi connectivity index (χ1) is 9.06. The van der Waals surface area contributed by atoms with Gasteiger partial charge in [0.05, 0.1) is 11.2 Å². The lowest BCUT2D eigenvalue weighted by Gasteiger charge is -2.08. The van der Waals surface area contributed by atoms with Gasteiger partial charge in [-0.2, -0.15) is 0 Å². The summed E-state index contributed by atoms with van der Waals surface area (Å²) in [6.45, 7) is 1.62. The van der Waals surface area contributed by atoms with Gasteiger partial charge in [0.15, 0.2) is 5.78 Å². The van der Waals surface area contributed by atoms with Crippen LogP contribution in [0.5, 0.6) is 5.75 Å². The molecule has 1 aromatic carbocycles. The lowest BCUT2D eigenvalue weighted by Crippen LogP contribution is -1.98. The molecule has 5 heteroatoms. The molecule has 0 saturated carbocycles. The van der Waals surface area contributed by atoms with Crippen molar-refractivity contribution in [2.75, 3.05) is 0 Å². The number of ether oxygens (including phenoxy) is 1. The number of aromatic nitrogens is 1. The van der Waals surface area contributed by atoms with E-state index in [9.17, 15) is 9.18 Å². The van der Waals surface area contributed by atoms with Crippen molar-refractivity contribution in [3.05, 3.63) is 58.6 Å². The number of halogens is 2. The fraction of sp³-hybridized carbons (Fsp3) is 0.143. The summed E-state index contributed by atoms with van der Waals surface area (Å²) in [4.78, 5) is 14.9. The van der Waals surface area contributed by atoms with E-state index in [-0.39, 0.29) is 12.4 Å². The summed E-state index contributed by atoms with van der Waals surface area (Å²) >= 11 is 6.00. The molecule has 0 aliphatic carbocycles. The number of carbonyl (C=O) groups is 1. The second-order valence-electron chi connectivity index (χ2n) is 4.00. The van der Waals surface area contributed by atoms with Gasteiger partial charge < -0.3 is 4.74 Å². The largest absolute Gasteiger partial charge is 0.487 e. The van der Waals surface area contributed by atoms with E-state index in [1.54, 1.807) is 18.2 Å². The summed E-state index contributed by atoms with van der Waals surface area (Å²) in [5.41, 5.74) is 1.12. The van der Waals surface area contributed by atoms with Crippen LogP contribution in [0.2, 0.25) is 5.02 Å². The highest BCUT2D eigenvalue weighted by Gasteiger charge is 2.06. The number of nitrogens with zero attached hydrogens (tertiary/aromatic N) is 1. The fourth-order valence-corrected chi connectivity index (χ4v) is 1.77. The summed E-state index contributed by atoms with van der Waals surface area (Å²) in [7, 11) is 0. The Kier molecular flexibility index (Phi) is 4.12. The van der Waals surface area contributed by atoms with Crippen LogP contribution < -0.4 is 4.74 Å². The van der Waals surface area contributed by atoms with Crippen LogP contribution in [0.3, 0.4) is 0 Å². The summed E-state index contributed by atoms with van der Waals surface area (Å²) in [6.07, 6.45) is 2.64. The van der Waals surface area contributed by atoms with Crippen molar-refractivity contribution >= 4 is 17.4 Å². The van der Waals surface area contributed by atoms with Crippen LogP contribution in [-0.4, -0.2) is 10.8 Å². The molecule has 0 atom stereocenters. The molecule has 0 fully saturated rings. The summed E-state index contributed by atoms with van der Waals surface area (Å²) in [5.74, 6) is -0.0437. The van der Waals surface area contributed by atoms with E-state index >= 15 is 0 Å². The van der Waals surface area contributed by atoms with Crippen molar-refractivity contribution in [2.45, 2.75) is 13.5 Å². The normalized spacial score (nSPS) is 10.3. The summed E-state index contributed by atoms with van der Waals surface area (Å²) in [6, 6.07) is 6.13. The first-order valence-electron chi connectivity index (χ1n) is 5.59. The average molecular weight is 280 g/mol. The van der Waals surface area contributed by atoms with E-state index in [1.165, 1.54) is 19.2 Å². The van der Waals surface area contributed by atoms with E-state index < -0.39 is 5.82 Å². The first kappa shape index (κ1) is 13.5. The monoisotopic (exact) mass is 279 g/mol. The molecule has 1 aromatic heterocycles. The molecule has 0 radical (unpaired) electrons. The number of hydrogen-bond donors (Lipinski definition) is 0. The highest BCUT2D eigenvalue weighted by atomic mass is 35.5. The molecular weight excluding hydrogens is 269 g/mol. The average Bonchev–Trinajstić information content (AvgIpc) is 2.37. The van der Waals surface area contributed by atoms with Crippen molar-refractivity contribution < 1.29 is 13.9 Å². The number of ketones is 1. The Bertz CT molecular complexity index is 616. The van der Waals surface area contributed by atoms with E-state index in [4.69, 9.17) is 16.3 Å². The van der Waals surface area contributed by atoms with Crippen LogP contribution in [0.15, 0.2) is 36.7 Å². The molecule has 0 amide bonds. The fourth-order valence-electron chi connectivity index (χ4n) is 1.53. The second-order valence-corrected chi connectivity index (χ2v) is 4.41. The van der Waals surface area contributed by atoms with Gasteiger partial charge in [0.2, 0.25) is 0 Å². The second kappa shape index (κ2) is 5.80. The number of Topliss-reactive ketones (excluding diaryl/α,β-unsaturated/α-hetero) is 1. The molecule has 98 valence electrons. The van der Waals surface area contributed by atoms with E-state index in [1.807, 2.05) is 0 Å². The minimum Gasteiger partial charge on any atom is -0.487 e. The van der Waals surface area contributed by atoms with Crippen LogP contribution in [0.1, 0.15) is 22.8 Å². The molecule has 2 rings (SSSR count). The molecule has 0 spiro atoms. The number of pyridine rings is 1. The van der Waals surface area contributed by atoms with E-state index in [2.05, 4.69) is 4.98 Å². The summed E-state index contributed by atoms with van der Waals surface area (Å²) in [5, 5.41) is 0.345.